The summed E-state index contributed by atoms with van der Waals surface area (Å²) in [7, 11) is 1.95. The fraction of sp³-hybridized carbons (Fsp3) is 0.667. The van der Waals surface area contributed by atoms with Crippen LogP contribution in [0.1, 0.15) is 24.3 Å². The van der Waals surface area contributed by atoms with E-state index in [0.717, 1.165) is 38.5 Å². The summed E-state index contributed by atoms with van der Waals surface area (Å²) in [5, 5.41) is 0. The standard InChI is InChI=1S/C12H20N4O/c1-16(5-4-13)12-14-8-11(9-15-12)10-2-6-17-7-3-10/h8-10H,2-7,13H2,1H3. The summed E-state index contributed by atoms with van der Waals surface area (Å²) < 4.78 is 5.35. The maximum absolute atomic E-state index is 5.50. The largest absolute Gasteiger partial charge is 0.381 e. The summed E-state index contributed by atoms with van der Waals surface area (Å²) >= 11 is 0. The second-order valence-electron chi connectivity index (χ2n) is 4.41. The molecule has 2 rings (SSSR count). The molecule has 2 heterocycles. The highest BCUT2D eigenvalue weighted by Gasteiger charge is 2.16. The van der Waals surface area contributed by atoms with Crippen LogP contribution in [0.5, 0.6) is 0 Å². The number of hydrogen-bond acceptors (Lipinski definition) is 5. The third-order valence-electron chi connectivity index (χ3n) is 3.16. The topological polar surface area (TPSA) is 64.3 Å². The van der Waals surface area contributed by atoms with Crippen molar-refractivity contribution in [3.8, 4) is 0 Å². The van der Waals surface area contributed by atoms with Crippen molar-refractivity contribution in [2.24, 2.45) is 5.73 Å². The van der Waals surface area contributed by atoms with E-state index in [-0.39, 0.29) is 0 Å². The molecule has 5 heteroatoms. The third-order valence-corrected chi connectivity index (χ3v) is 3.16. The monoisotopic (exact) mass is 236 g/mol. The third kappa shape index (κ3) is 3.14. The molecular formula is C12H20N4O. The number of aromatic nitrogens is 2. The summed E-state index contributed by atoms with van der Waals surface area (Å²) in [6.07, 6.45) is 6.01. The van der Waals surface area contributed by atoms with Crippen molar-refractivity contribution < 1.29 is 4.74 Å². The highest BCUT2D eigenvalue weighted by atomic mass is 16.5. The van der Waals surface area contributed by atoms with Gasteiger partial charge in [0.15, 0.2) is 0 Å². The number of likely N-dealkylation sites (N-methyl/N-ethyl adjacent to an activating group) is 1. The first-order valence-electron chi connectivity index (χ1n) is 6.12. The van der Waals surface area contributed by atoms with E-state index < -0.39 is 0 Å². The Labute approximate surface area is 102 Å². The molecule has 17 heavy (non-hydrogen) atoms. The van der Waals surface area contributed by atoms with Gasteiger partial charge in [-0.25, -0.2) is 9.97 Å². The maximum Gasteiger partial charge on any atom is 0.225 e. The molecule has 0 unspecified atom stereocenters. The average molecular weight is 236 g/mol. The van der Waals surface area contributed by atoms with Gasteiger partial charge >= 0.3 is 0 Å². The van der Waals surface area contributed by atoms with Crippen molar-refractivity contribution in [1.82, 2.24) is 9.97 Å². The van der Waals surface area contributed by atoms with Gasteiger partial charge in [0.2, 0.25) is 5.95 Å². The predicted octanol–water partition coefficient (Wildman–Crippen LogP) is 0.765. The van der Waals surface area contributed by atoms with Gasteiger partial charge in [-0.15, -0.1) is 0 Å². The zero-order valence-electron chi connectivity index (χ0n) is 10.3. The molecule has 2 N–H and O–H groups in total. The van der Waals surface area contributed by atoms with Crippen LogP contribution in [0.3, 0.4) is 0 Å². The number of rotatable bonds is 4. The van der Waals surface area contributed by atoms with Crippen molar-refractivity contribution in [2.75, 3.05) is 38.3 Å². The van der Waals surface area contributed by atoms with E-state index in [9.17, 15) is 0 Å². The number of anilines is 1. The van der Waals surface area contributed by atoms with E-state index in [4.69, 9.17) is 10.5 Å². The Morgan fingerprint density at radius 2 is 2.00 bits per heavy atom. The van der Waals surface area contributed by atoms with Crippen molar-refractivity contribution in [3.63, 3.8) is 0 Å². The van der Waals surface area contributed by atoms with Gasteiger partial charge in [0.1, 0.15) is 0 Å². The molecule has 0 atom stereocenters. The van der Waals surface area contributed by atoms with Gasteiger partial charge in [-0.1, -0.05) is 0 Å². The van der Waals surface area contributed by atoms with Gasteiger partial charge in [0, 0.05) is 45.7 Å². The molecule has 1 saturated heterocycles. The second-order valence-corrected chi connectivity index (χ2v) is 4.41. The minimum Gasteiger partial charge on any atom is -0.381 e. The fourth-order valence-electron chi connectivity index (χ4n) is 2.06. The van der Waals surface area contributed by atoms with E-state index in [2.05, 4.69) is 9.97 Å². The van der Waals surface area contributed by atoms with Crippen molar-refractivity contribution in [3.05, 3.63) is 18.0 Å². The Kier molecular flexibility index (Phi) is 4.28. The van der Waals surface area contributed by atoms with E-state index >= 15 is 0 Å². The molecular weight excluding hydrogens is 216 g/mol. The molecule has 0 amide bonds. The van der Waals surface area contributed by atoms with Crippen molar-refractivity contribution in [1.29, 1.82) is 0 Å². The van der Waals surface area contributed by atoms with E-state index in [0.29, 0.717) is 12.5 Å². The lowest BCUT2D eigenvalue weighted by atomic mass is 9.94. The van der Waals surface area contributed by atoms with Gasteiger partial charge in [-0.05, 0) is 24.3 Å². The quantitative estimate of drug-likeness (QED) is 0.836. The van der Waals surface area contributed by atoms with Gasteiger partial charge in [-0.2, -0.15) is 0 Å². The Balaban J connectivity index is 2.01. The van der Waals surface area contributed by atoms with Crippen molar-refractivity contribution in [2.45, 2.75) is 18.8 Å². The average Bonchev–Trinajstić information content (AvgIpc) is 2.40. The highest BCUT2D eigenvalue weighted by Crippen LogP contribution is 2.26. The number of hydrogen-bond donors (Lipinski definition) is 1. The highest BCUT2D eigenvalue weighted by molar-refractivity contribution is 5.29. The van der Waals surface area contributed by atoms with Crippen LogP contribution in [0.4, 0.5) is 5.95 Å². The number of nitrogens with two attached hydrogens (primary N) is 1. The predicted molar refractivity (Wildman–Crippen MR) is 67.2 cm³/mol. The maximum atomic E-state index is 5.50. The lowest BCUT2D eigenvalue weighted by Crippen LogP contribution is -2.26. The molecule has 0 aliphatic carbocycles. The molecule has 0 saturated carbocycles. The van der Waals surface area contributed by atoms with Crippen LogP contribution in [-0.2, 0) is 4.74 Å². The van der Waals surface area contributed by atoms with Crippen molar-refractivity contribution >= 4 is 5.95 Å². The SMILES string of the molecule is CN(CCN)c1ncc(C2CCOCC2)cn1. The van der Waals surface area contributed by atoms with E-state index in [1.807, 2.05) is 24.3 Å². The van der Waals surface area contributed by atoms with Gasteiger partial charge in [0.25, 0.3) is 0 Å². The van der Waals surface area contributed by atoms with Gasteiger partial charge < -0.3 is 15.4 Å². The Morgan fingerprint density at radius 3 is 2.59 bits per heavy atom. The summed E-state index contributed by atoms with van der Waals surface area (Å²) in [6, 6.07) is 0. The smallest absolute Gasteiger partial charge is 0.225 e. The Morgan fingerprint density at radius 1 is 1.35 bits per heavy atom. The van der Waals surface area contributed by atoms with Crippen LogP contribution >= 0.6 is 0 Å². The normalized spacial score (nSPS) is 17.1. The van der Waals surface area contributed by atoms with Crippen LogP contribution in [-0.4, -0.2) is 43.3 Å². The van der Waals surface area contributed by atoms with Crippen LogP contribution in [0, 0.1) is 0 Å². The molecule has 1 aliphatic rings. The Hall–Kier alpha value is -1.20. The van der Waals surface area contributed by atoms with Gasteiger partial charge in [-0.3, -0.25) is 0 Å². The molecule has 1 aromatic rings. The first-order valence-corrected chi connectivity index (χ1v) is 6.12. The minimum absolute atomic E-state index is 0.553. The molecule has 0 bridgehead atoms. The molecule has 0 spiro atoms. The van der Waals surface area contributed by atoms with Crippen LogP contribution in [0.25, 0.3) is 0 Å². The molecule has 0 radical (unpaired) electrons. The first kappa shape index (κ1) is 12.3. The molecule has 1 aliphatic heterocycles. The summed E-state index contributed by atoms with van der Waals surface area (Å²) in [5.74, 6) is 1.30. The summed E-state index contributed by atoms with van der Waals surface area (Å²) in [6.45, 7) is 3.08. The zero-order chi connectivity index (χ0) is 12.1. The van der Waals surface area contributed by atoms with E-state index in [1.165, 1.54) is 5.56 Å². The van der Waals surface area contributed by atoms with E-state index in [1.54, 1.807) is 0 Å². The van der Waals surface area contributed by atoms with Crippen LogP contribution in [0.2, 0.25) is 0 Å². The fourth-order valence-corrected chi connectivity index (χ4v) is 2.06. The number of ether oxygens (including phenoxy) is 1. The molecule has 5 nitrogen and oxygen atoms in total. The lowest BCUT2D eigenvalue weighted by Gasteiger charge is -2.22. The minimum atomic E-state index is 0.553. The lowest BCUT2D eigenvalue weighted by molar-refractivity contribution is 0.0852. The zero-order valence-corrected chi connectivity index (χ0v) is 10.3. The molecule has 1 aromatic heterocycles. The molecule has 94 valence electrons. The summed E-state index contributed by atoms with van der Waals surface area (Å²) in [5.41, 5.74) is 6.72. The van der Waals surface area contributed by atoms with Crippen LogP contribution < -0.4 is 10.6 Å². The first-order chi connectivity index (χ1) is 8.31. The summed E-state index contributed by atoms with van der Waals surface area (Å²) in [4.78, 5) is 10.7. The van der Waals surface area contributed by atoms with Crippen LogP contribution in [0.15, 0.2) is 12.4 Å². The Bertz CT molecular complexity index is 335. The molecule has 0 aromatic carbocycles. The number of nitrogens with zero attached hydrogens (tertiary/aromatic N) is 3. The molecule has 1 fully saturated rings. The second kappa shape index (κ2) is 5.93. The van der Waals surface area contributed by atoms with Gasteiger partial charge in [0.05, 0.1) is 0 Å².